The zero-order valence-corrected chi connectivity index (χ0v) is 12.9. The summed E-state index contributed by atoms with van der Waals surface area (Å²) in [5.41, 5.74) is 0.871. The molecule has 2 aliphatic rings. The van der Waals surface area contributed by atoms with Crippen molar-refractivity contribution in [3.8, 4) is 0 Å². The summed E-state index contributed by atoms with van der Waals surface area (Å²) in [4.78, 5) is 14.8. The smallest absolute Gasteiger partial charge is 0.270 e. The van der Waals surface area contributed by atoms with Crippen molar-refractivity contribution >= 4 is 17.7 Å². The van der Waals surface area contributed by atoms with Crippen molar-refractivity contribution in [2.45, 2.75) is 31.1 Å². The van der Waals surface area contributed by atoms with E-state index in [0.717, 1.165) is 50.5 Å². The molecule has 1 aromatic heterocycles. The molecule has 3 heterocycles. The topological polar surface area (TPSA) is 37.3 Å². The van der Waals surface area contributed by atoms with Crippen LogP contribution in [0.2, 0.25) is 0 Å². The standard InChI is InChI=1S/C15H23N3OS/c1-12-11-17(9-10-20-12)15(19)14-3-2-8-18(14)13-4-6-16-7-5-13/h2-3,8,12-13,16H,4-7,9-11H2,1H3. The Morgan fingerprint density at radius 1 is 1.40 bits per heavy atom. The van der Waals surface area contributed by atoms with Crippen LogP contribution in [0.25, 0.3) is 0 Å². The van der Waals surface area contributed by atoms with E-state index in [1.807, 2.05) is 28.8 Å². The predicted molar refractivity (Wildman–Crippen MR) is 83.4 cm³/mol. The molecule has 3 rings (SSSR count). The SMILES string of the molecule is CC1CN(C(=O)c2cccn2C2CCNCC2)CCS1. The summed E-state index contributed by atoms with van der Waals surface area (Å²) in [6.07, 6.45) is 4.30. The lowest BCUT2D eigenvalue weighted by atomic mass is 10.1. The highest BCUT2D eigenvalue weighted by atomic mass is 32.2. The summed E-state index contributed by atoms with van der Waals surface area (Å²) >= 11 is 1.96. The number of piperidine rings is 1. The van der Waals surface area contributed by atoms with Crippen LogP contribution in [0.5, 0.6) is 0 Å². The summed E-state index contributed by atoms with van der Waals surface area (Å²) in [6.45, 7) is 6.06. The van der Waals surface area contributed by atoms with E-state index in [9.17, 15) is 4.79 Å². The second kappa shape index (κ2) is 6.22. The van der Waals surface area contributed by atoms with Crippen molar-refractivity contribution in [1.29, 1.82) is 0 Å². The molecular weight excluding hydrogens is 270 g/mol. The second-order valence-electron chi connectivity index (χ2n) is 5.71. The molecule has 0 spiro atoms. The van der Waals surface area contributed by atoms with Gasteiger partial charge in [0.05, 0.1) is 0 Å². The molecular formula is C15H23N3OS. The normalized spacial score (nSPS) is 24.9. The van der Waals surface area contributed by atoms with Crippen LogP contribution < -0.4 is 5.32 Å². The summed E-state index contributed by atoms with van der Waals surface area (Å²) in [5, 5.41) is 3.93. The number of aromatic nitrogens is 1. The highest BCUT2D eigenvalue weighted by Crippen LogP contribution is 2.24. The summed E-state index contributed by atoms with van der Waals surface area (Å²) in [7, 11) is 0. The molecule has 5 heteroatoms. The van der Waals surface area contributed by atoms with E-state index in [2.05, 4.69) is 23.0 Å². The molecule has 1 atom stereocenters. The molecule has 1 amide bonds. The molecule has 110 valence electrons. The lowest BCUT2D eigenvalue weighted by Gasteiger charge is -2.32. The van der Waals surface area contributed by atoms with Gasteiger partial charge in [-0.25, -0.2) is 0 Å². The molecule has 0 aliphatic carbocycles. The van der Waals surface area contributed by atoms with E-state index in [0.29, 0.717) is 11.3 Å². The van der Waals surface area contributed by atoms with Gasteiger partial charge in [0.2, 0.25) is 0 Å². The van der Waals surface area contributed by atoms with Crippen LogP contribution in [-0.4, -0.2) is 52.6 Å². The van der Waals surface area contributed by atoms with Gasteiger partial charge in [0.25, 0.3) is 5.91 Å². The van der Waals surface area contributed by atoms with Crippen LogP contribution in [0.4, 0.5) is 0 Å². The van der Waals surface area contributed by atoms with E-state index < -0.39 is 0 Å². The fourth-order valence-corrected chi connectivity index (χ4v) is 4.16. The fourth-order valence-electron chi connectivity index (χ4n) is 3.14. The minimum Gasteiger partial charge on any atom is -0.340 e. The van der Waals surface area contributed by atoms with Gasteiger partial charge in [0.1, 0.15) is 5.69 Å². The van der Waals surface area contributed by atoms with Crippen LogP contribution in [0, 0.1) is 0 Å². The number of hydrogen-bond donors (Lipinski definition) is 1. The lowest BCUT2D eigenvalue weighted by molar-refractivity contribution is 0.0748. The van der Waals surface area contributed by atoms with Crippen LogP contribution >= 0.6 is 11.8 Å². The molecule has 2 aliphatic heterocycles. The molecule has 0 radical (unpaired) electrons. The van der Waals surface area contributed by atoms with Crippen LogP contribution in [-0.2, 0) is 0 Å². The average molecular weight is 293 g/mol. The highest BCUT2D eigenvalue weighted by Gasteiger charge is 2.26. The van der Waals surface area contributed by atoms with Crippen molar-refractivity contribution in [1.82, 2.24) is 14.8 Å². The van der Waals surface area contributed by atoms with Gasteiger partial charge >= 0.3 is 0 Å². The van der Waals surface area contributed by atoms with Gasteiger partial charge < -0.3 is 14.8 Å². The number of hydrogen-bond acceptors (Lipinski definition) is 3. The number of carbonyl (C=O) groups excluding carboxylic acids is 1. The number of thioether (sulfide) groups is 1. The largest absolute Gasteiger partial charge is 0.340 e. The minimum atomic E-state index is 0.209. The van der Waals surface area contributed by atoms with E-state index >= 15 is 0 Å². The average Bonchev–Trinajstić information content (AvgIpc) is 2.97. The summed E-state index contributed by atoms with van der Waals surface area (Å²) < 4.78 is 2.20. The quantitative estimate of drug-likeness (QED) is 0.906. The van der Waals surface area contributed by atoms with Crippen molar-refractivity contribution in [3.05, 3.63) is 24.0 Å². The Labute approximate surface area is 124 Å². The number of rotatable bonds is 2. The molecule has 0 bridgehead atoms. The summed E-state index contributed by atoms with van der Waals surface area (Å²) in [5.74, 6) is 1.27. The highest BCUT2D eigenvalue weighted by molar-refractivity contribution is 7.99. The Balaban J connectivity index is 1.76. The predicted octanol–water partition coefficient (Wildman–Crippen LogP) is 1.99. The van der Waals surface area contributed by atoms with Crippen molar-refractivity contribution in [3.63, 3.8) is 0 Å². The van der Waals surface area contributed by atoms with E-state index in [1.165, 1.54) is 0 Å². The Morgan fingerprint density at radius 2 is 2.20 bits per heavy atom. The van der Waals surface area contributed by atoms with Gasteiger partial charge in [-0.1, -0.05) is 6.92 Å². The Kier molecular flexibility index (Phi) is 4.36. The molecule has 0 aromatic carbocycles. The van der Waals surface area contributed by atoms with E-state index in [1.54, 1.807) is 0 Å². The van der Waals surface area contributed by atoms with Gasteiger partial charge in [-0.15, -0.1) is 0 Å². The zero-order chi connectivity index (χ0) is 13.9. The van der Waals surface area contributed by atoms with E-state index in [-0.39, 0.29) is 5.91 Å². The Morgan fingerprint density at radius 3 is 2.95 bits per heavy atom. The third kappa shape index (κ3) is 2.88. The monoisotopic (exact) mass is 293 g/mol. The molecule has 20 heavy (non-hydrogen) atoms. The van der Waals surface area contributed by atoms with E-state index in [4.69, 9.17) is 0 Å². The maximum absolute atomic E-state index is 12.8. The lowest BCUT2D eigenvalue weighted by Crippen LogP contribution is -2.42. The first-order valence-electron chi connectivity index (χ1n) is 7.54. The minimum absolute atomic E-state index is 0.209. The maximum Gasteiger partial charge on any atom is 0.270 e. The maximum atomic E-state index is 12.8. The number of nitrogens with zero attached hydrogens (tertiary/aromatic N) is 2. The van der Waals surface area contributed by atoms with Crippen LogP contribution in [0.3, 0.4) is 0 Å². The number of carbonyl (C=O) groups is 1. The molecule has 1 aromatic rings. The second-order valence-corrected chi connectivity index (χ2v) is 7.26. The van der Waals surface area contributed by atoms with Gasteiger partial charge in [0.15, 0.2) is 0 Å². The molecule has 1 unspecified atom stereocenters. The molecule has 1 N–H and O–H groups in total. The Hall–Kier alpha value is -0.940. The third-order valence-corrected chi connectivity index (χ3v) is 5.36. The first-order chi connectivity index (χ1) is 9.75. The van der Waals surface area contributed by atoms with Gasteiger partial charge in [-0.2, -0.15) is 11.8 Å². The first-order valence-corrected chi connectivity index (χ1v) is 8.59. The third-order valence-electron chi connectivity index (χ3n) is 4.23. The summed E-state index contributed by atoms with van der Waals surface area (Å²) in [6, 6.07) is 4.47. The van der Waals surface area contributed by atoms with Crippen molar-refractivity contribution < 1.29 is 4.79 Å². The molecule has 2 fully saturated rings. The Bertz CT molecular complexity index is 467. The van der Waals surface area contributed by atoms with Crippen molar-refractivity contribution in [2.24, 2.45) is 0 Å². The fraction of sp³-hybridized carbons (Fsp3) is 0.667. The molecule has 2 saturated heterocycles. The number of amides is 1. The molecule has 4 nitrogen and oxygen atoms in total. The van der Waals surface area contributed by atoms with Gasteiger partial charge in [-0.05, 0) is 38.1 Å². The first kappa shape index (κ1) is 14.0. The van der Waals surface area contributed by atoms with Gasteiger partial charge in [0, 0.05) is 36.3 Å². The van der Waals surface area contributed by atoms with Crippen LogP contribution in [0.1, 0.15) is 36.3 Å². The molecule has 0 saturated carbocycles. The zero-order valence-electron chi connectivity index (χ0n) is 12.0. The van der Waals surface area contributed by atoms with Gasteiger partial charge in [-0.3, -0.25) is 4.79 Å². The van der Waals surface area contributed by atoms with Crippen LogP contribution in [0.15, 0.2) is 18.3 Å². The number of nitrogens with one attached hydrogen (secondary N) is 1. The van der Waals surface area contributed by atoms with Crippen molar-refractivity contribution in [2.75, 3.05) is 31.9 Å².